The van der Waals surface area contributed by atoms with Crippen LogP contribution in [0.1, 0.15) is 18.1 Å². The highest BCUT2D eigenvalue weighted by molar-refractivity contribution is 9.10. The fourth-order valence-electron chi connectivity index (χ4n) is 2.16. The van der Waals surface area contributed by atoms with E-state index in [-0.39, 0.29) is 5.96 Å². The fraction of sp³-hybridized carbons (Fsp3) is 0.188. The molecule has 0 saturated carbocycles. The van der Waals surface area contributed by atoms with Crippen molar-refractivity contribution in [3.8, 4) is 0 Å². The highest BCUT2D eigenvalue weighted by Crippen LogP contribution is 2.36. The van der Waals surface area contributed by atoms with Gasteiger partial charge in [0.1, 0.15) is 0 Å². The standard InChI is InChI=1S/C16H18BrN3S/c1-3-11-7-8-12(17)14(9-11)20(16(18)19)13-6-4-5-10(2)15(13)21/h4-9,21H,3H2,1-2H3,(H3,18,19). The van der Waals surface area contributed by atoms with Crippen molar-refractivity contribution in [2.24, 2.45) is 5.73 Å². The van der Waals surface area contributed by atoms with E-state index < -0.39 is 0 Å². The van der Waals surface area contributed by atoms with Gasteiger partial charge in [0.2, 0.25) is 0 Å². The average Bonchev–Trinajstić information content (AvgIpc) is 2.45. The van der Waals surface area contributed by atoms with Gasteiger partial charge < -0.3 is 5.73 Å². The van der Waals surface area contributed by atoms with E-state index in [2.05, 4.69) is 41.5 Å². The molecule has 0 spiro atoms. The summed E-state index contributed by atoms with van der Waals surface area (Å²) in [5.74, 6) is -0.0372. The van der Waals surface area contributed by atoms with Crippen molar-refractivity contribution in [3.63, 3.8) is 0 Å². The largest absolute Gasteiger partial charge is 0.369 e. The van der Waals surface area contributed by atoms with E-state index in [1.54, 1.807) is 4.90 Å². The van der Waals surface area contributed by atoms with Gasteiger partial charge in [0.15, 0.2) is 5.96 Å². The lowest BCUT2D eigenvalue weighted by atomic mass is 10.1. The normalized spacial score (nSPS) is 10.5. The Morgan fingerprint density at radius 2 is 2.00 bits per heavy atom. The van der Waals surface area contributed by atoms with Gasteiger partial charge in [-0.1, -0.05) is 25.1 Å². The number of benzene rings is 2. The van der Waals surface area contributed by atoms with Crippen LogP contribution < -0.4 is 10.6 Å². The van der Waals surface area contributed by atoms with Gasteiger partial charge in [-0.25, -0.2) is 0 Å². The van der Waals surface area contributed by atoms with E-state index in [1.807, 2.05) is 37.3 Å². The first-order valence-electron chi connectivity index (χ1n) is 6.66. The van der Waals surface area contributed by atoms with E-state index in [0.717, 1.165) is 32.7 Å². The quantitative estimate of drug-likeness (QED) is 0.422. The van der Waals surface area contributed by atoms with Gasteiger partial charge in [-0.15, -0.1) is 12.6 Å². The number of hydrogen-bond donors (Lipinski definition) is 3. The molecular weight excluding hydrogens is 346 g/mol. The number of nitrogens with one attached hydrogen (secondary N) is 1. The van der Waals surface area contributed by atoms with E-state index in [4.69, 9.17) is 11.1 Å². The van der Waals surface area contributed by atoms with E-state index in [1.165, 1.54) is 5.56 Å². The van der Waals surface area contributed by atoms with E-state index in [9.17, 15) is 0 Å². The molecule has 0 heterocycles. The van der Waals surface area contributed by atoms with Crippen LogP contribution in [0, 0.1) is 12.3 Å². The Balaban J connectivity index is 2.65. The number of anilines is 2. The predicted octanol–water partition coefficient (Wildman–Crippen LogP) is 4.64. The molecule has 3 N–H and O–H groups in total. The summed E-state index contributed by atoms with van der Waals surface area (Å²) in [6, 6.07) is 11.9. The number of thiol groups is 1. The smallest absolute Gasteiger partial charge is 0.197 e. The predicted molar refractivity (Wildman–Crippen MR) is 96.0 cm³/mol. The van der Waals surface area contributed by atoms with Crippen molar-refractivity contribution in [1.29, 1.82) is 5.41 Å². The lowest BCUT2D eigenvalue weighted by Gasteiger charge is -2.26. The Morgan fingerprint density at radius 3 is 2.62 bits per heavy atom. The molecule has 0 fully saturated rings. The van der Waals surface area contributed by atoms with Crippen LogP contribution >= 0.6 is 28.6 Å². The Bertz CT molecular complexity index is 685. The lowest BCUT2D eigenvalue weighted by Crippen LogP contribution is -2.33. The first-order chi connectivity index (χ1) is 9.95. The molecule has 2 rings (SSSR count). The van der Waals surface area contributed by atoms with E-state index in [0.29, 0.717) is 0 Å². The molecule has 0 atom stereocenters. The van der Waals surface area contributed by atoms with Gasteiger partial charge >= 0.3 is 0 Å². The van der Waals surface area contributed by atoms with Crippen molar-refractivity contribution in [1.82, 2.24) is 0 Å². The van der Waals surface area contributed by atoms with Crippen LogP contribution in [0.2, 0.25) is 0 Å². The lowest BCUT2D eigenvalue weighted by molar-refractivity contribution is 1.12. The monoisotopic (exact) mass is 363 g/mol. The van der Waals surface area contributed by atoms with Gasteiger partial charge in [-0.05, 0) is 58.6 Å². The summed E-state index contributed by atoms with van der Waals surface area (Å²) in [5.41, 5.74) is 9.72. The number of guanidine groups is 1. The summed E-state index contributed by atoms with van der Waals surface area (Å²) in [5, 5.41) is 7.97. The summed E-state index contributed by atoms with van der Waals surface area (Å²) in [7, 11) is 0. The Kier molecular flexibility index (Phi) is 4.96. The molecule has 0 amide bonds. The molecule has 5 heteroatoms. The molecule has 0 unspecified atom stereocenters. The second-order valence-electron chi connectivity index (χ2n) is 4.80. The first kappa shape index (κ1) is 15.9. The first-order valence-corrected chi connectivity index (χ1v) is 7.91. The van der Waals surface area contributed by atoms with Crippen molar-refractivity contribution in [3.05, 3.63) is 52.0 Å². The maximum atomic E-state index is 7.97. The van der Waals surface area contributed by atoms with Gasteiger partial charge in [0.25, 0.3) is 0 Å². The molecule has 21 heavy (non-hydrogen) atoms. The Hall–Kier alpha value is -1.46. The Labute approximate surface area is 139 Å². The highest BCUT2D eigenvalue weighted by atomic mass is 79.9. The van der Waals surface area contributed by atoms with Crippen LogP contribution in [0.5, 0.6) is 0 Å². The van der Waals surface area contributed by atoms with Crippen LogP contribution in [-0.4, -0.2) is 5.96 Å². The Morgan fingerprint density at radius 1 is 1.29 bits per heavy atom. The van der Waals surface area contributed by atoms with Crippen molar-refractivity contribution >= 4 is 45.9 Å². The SMILES string of the molecule is CCc1ccc(Br)c(N(C(=N)N)c2cccc(C)c2S)c1. The van der Waals surface area contributed by atoms with Crippen molar-refractivity contribution < 1.29 is 0 Å². The zero-order chi connectivity index (χ0) is 15.6. The number of nitrogens with zero attached hydrogens (tertiary/aromatic N) is 1. The molecule has 0 saturated heterocycles. The number of nitrogens with two attached hydrogens (primary N) is 1. The molecule has 0 radical (unpaired) electrons. The minimum absolute atomic E-state index is 0.0372. The van der Waals surface area contributed by atoms with Crippen molar-refractivity contribution in [2.75, 3.05) is 4.90 Å². The number of aryl methyl sites for hydroxylation is 2. The topological polar surface area (TPSA) is 53.1 Å². The van der Waals surface area contributed by atoms with E-state index >= 15 is 0 Å². The van der Waals surface area contributed by atoms with Gasteiger partial charge in [0, 0.05) is 9.37 Å². The third-order valence-corrected chi connectivity index (χ3v) is 4.61. The molecule has 2 aromatic carbocycles. The second-order valence-corrected chi connectivity index (χ2v) is 6.10. The maximum absolute atomic E-state index is 7.97. The zero-order valence-corrected chi connectivity index (χ0v) is 14.5. The highest BCUT2D eigenvalue weighted by Gasteiger charge is 2.18. The number of rotatable bonds is 3. The van der Waals surface area contributed by atoms with Gasteiger partial charge in [0.05, 0.1) is 11.4 Å². The summed E-state index contributed by atoms with van der Waals surface area (Å²) in [4.78, 5) is 2.53. The third kappa shape index (κ3) is 3.24. The minimum Gasteiger partial charge on any atom is -0.369 e. The summed E-state index contributed by atoms with van der Waals surface area (Å²) < 4.78 is 0.893. The van der Waals surface area contributed by atoms with Crippen LogP contribution in [-0.2, 0) is 6.42 Å². The second kappa shape index (κ2) is 6.54. The molecule has 110 valence electrons. The minimum atomic E-state index is -0.0372. The molecular formula is C16H18BrN3S. The molecule has 0 aromatic heterocycles. The summed E-state index contributed by atoms with van der Waals surface area (Å²) in [6.07, 6.45) is 0.924. The summed E-state index contributed by atoms with van der Waals surface area (Å²) in [6.45, 7) is 4.09. The number of halogens is 1. The summed E-state index contributed by atoms with van der Waals surface area (Å²) >= 11 is 8.12. The maximum Gasteiger partial charge on any atom is 0.197 e. The van der Waals surface area contributed by atoms with Crippen LogP contribution in [0.3, 0.4) is 0 Å². The molecule has 3 nitrogen and oxygen atoms in total. The number of hydrogen-bond acceptors (Lipinski definition) is 2. The zero-order valence-electron chi connectivity index (χ0n) is 12.0. The molecule has 0 aliphatic heterocycles. The van der Waals surface area contributed by atoms with Crippen molar-refractivity contribution in [2.45, 2.75) is 25.2 Å². The molecule has 0 bridgehead atoms. The molecule has 0 aliphatic rings. The van der Waals surface area contributed by atoms with Crippen LogP contribution in [0.15, 0.2) is 45.8 Å². The van der Waals surface area contributed by atoms with Crippen LogP contribution in [0.25, 0.3) is 0 Å². The average molecular weight is 364 g/mol. The van der Waals surface area contributed by atoms with Crippen LogP contribution in [0.4, 0.5) is 11.4 Å². The molecule has 2 aromatic rings. The van der Waals surface area contributed by atoms with Gasteiger partial charge in [-0.2, -0.15) is 0 Å². The van der Waals surface area contributed by atoms with Gasteiger partial charge in [-0.3, -0.25) is 10.3 Å². The molecule has 0 aliphatic carbocycles. The third-order valence-electron chi connectivity index (χ3n) is 3.36. The fourth-order valence-corrected chi connectivity index (χ4v) is 2.84.